The van der Waals surface area contributed by atoms with Gasteiger partial charge in [0.05, 0.1) is 22.7 Å². The summed E-state index contributed by atoms with van der Waals surface area (Å²) in [6.07, 6.45) is 7.35. The lowest BCUT2D eigenvalue weighted by Crippen LogP contribution is -2.54. The maximum atomic E-state index is 14.2. The Morgan fingerprint density at radius 2 is 1.94 bits per heavy atom. The number of allylic oxidation sites excluding steroid dienone is 2. The molecule has 1 aliphatic heterocycles. The molecule has 254 valence electrons. The Balaban J connectivity index is 1.44. The zero-order chi connectivity index (χ0) is 33.4. The van der Waals surface area contributed by atoms with Gasteiger partial charge in [0, 0.05) is 35.6 Å². The zero-order valence-electron chi connectivity index (χ0n) is 27.6. The molecule has 3 aliphatic carbocycles. The van der Waals surface area contributed by atoms with E-state index in [1.165, 1.54) is 32.6 Å². The third-order valence-electron chi connectivity index (χ3n) is 10.8. The zero-order valence-corrected chi connectivity index (χ0v) is 30.1. The van der Waals surface area contributed by atoms with Crippen LogP contribution >= 0.6 is 22.7 Å². The molecule has 3 aromatic rings. The number of ketones is 1. The number of hydrogen-bond donors (Lipinski definition) is 2. The maximum absolute atomic E-state index is 14.2. The van der Waals surface area contributed by atoms with Crippen LogP contribution in [0.3, 0.4) is 0 Å². The summed E-state index contributed by atoms with van der Waals surface area (Å²) < 4.78 is 35.9. The molecule has 7 rings (SSSR count). The lowest BCUT2D eigenvalue weighted by Gasteiger charge is -2.46. The minimum absolute atomic E-state index is 0.0412. The lowest BCUT2D eigenvalue weighted by molar-refractivity contribution is -0.0754. The molecular weight excluding hydrogens is 651 g/mol. The van der Waals surface area contributed by atoms with E-state index in [0.717, 1.165) is 35.3 Å². The molecule has 10 heteroatoms. The average Bonchev–Trinajstić information content (AvgIpc) is 3.86. The summed E-state index contributed by atoms with van der Waals surface area (Å²) in [6, 6.07) is 13.2. The molecule has 2 bridgehead atoms. The molecule has 5 unspecified atom stereocenters. The SMILES string of the molecule is CC1=CCCC2(C)C(CCC2(O)CN(CC2CCCO2)S(=O)(=O)c2cccs2)c2ccc(cc2C(=O)c2ccc(C)s2)CC(O)CC1. The van der Waals surface area contributed by atoms with E-state index in [9.17, 15) is 23.4 Å². The molecule has 1 saturated carbocycles. The molecule has 0 radical (unpaired) electrons. The number of thiophene rings is 2. The summed E-state index contributed by atoms with van der Waals surface area (Å²) in [5, 5.41) is 25.5. The van der Waals surface area contributed by atoms with E-state index in [1.807, 2.05) is 37.3 Å². The van der Waals surface area contributed by atoms with Crippen molar-refractivity contribution in [3.05, 3.63) is 85.9 Å². The Hall–Kier alpha value is -2.18. The largest absolute Gasteiger partial charge is 0.393 e. The number of nitrogens with zero attached hydrogens (tertiary/aromatic N) is 1. The summed E-state index contributed by atoms with van der Waals surface area (Å²) in [5.74, 6) is -0.229. The first-order valence-corrected chi connectivity index (χ1v) is 20.0. The van der Waals surface area contributed by atoms with Crippen molar-refractivity contribution in [1.82, 2.24) is 4.31 Å². The highest BCUT2D eigenvalue weighted by atomic mass is 32.2. The Labute approximate surface area is 287 Å². The molecule has 1 aromatic carbocycles. The Morgan fingerprint density at radius 3 is 2.64 bits per heavy atom. The molecule has 1 saturated heterocycles. The molecule has 5 atom stereocenters. The number of fused-ring (bicyclic) bond motifs is 8. The monoisotopic (exact) mass is 697 g/mol. The van der Waals surface area contributed by atoms with Gasteiger partial charge in [-0.3, -0.25) is 4.79 Å². The molecule has 2 aromatic heterocycles. The first kappa shape index (κ1) is 34.7. The fraction of sp³-hybridized carbons (Fsp3) is 0.541. The third-order valence-corrected chi connectivity index (χ3v) is 15.0. The molecule has 0 spiro atoms. The number of benzene rings is 1. The van der Waals surface area contributed by atoms with E-state index in [4.69, 9.17) is 4.74 Å². The number of aliphatic hydroxyl groups is 2. The van der Waals surface area contributed by atoms with Crippen LogP contribution in [0.5, 0.6) is 0 Å². The highest BCUT2D eigenvalue weighted by molar-refractivity contribution is 7.91. The van der Waals surface area contributed by atoms with Crippen LogP contribution in [-0.2, 0) is 21.2 Å². The van der Waals surface area contributed by atoms with Crippen LogP contribution in [0.2, 0.25) is 0 Å². The first-order valence-electron chi connectivity index (χ1n) is 16.8. The van der Waals surface area contributed by atoms with E-state index >= 15 is 0 Å². The summed E-state index contributed by atoms with van der Waals surface area (Å²) >= 11 is 2.66. The molecule has 7 nitrogen and oxygen atoms in total. The molecule has 2 fully saturated rings. The van der Waals surface area contributed by atoms with E-state index in [-0.39, 0.29) is 35.1 Å². The number of rotatable bonds is 8. The number of hydrogen-bond acceptors (Lipinski definition) is 8. The maximum Gasteiger partial charge on any atom is 0.252 e. The van der Waals surface area contributed by atoms with Gasteiger partial charge >= 0.3 is 0 Å². The minimum atomic E-state index is -3.88. The molecule has 0 amide bonds. The Morgan fingerprint density at radius 1 is 1.11 bits per heavy atom. The van der Waals surface area contributed by atoms with Gasteiger partial charge in [0.25, 0.3) is 10.0 Å². The Kier molecular flexibility index (Phi) is 10.3. The van der Waals surface area contributed by atoms with Crippen molar-refractivity contribution in [2.75, 3.05) is 19.7 Å². The van der Waals surface area contributed by atoms with Crippen molar-refractivity contribution >= 4 is 38.5 Å². The van der Waals surface area contributed by atoms with Crippen LogP contribution in [0.4, 0.5) is 0 Å². The predicted octanol–water partition coefficient (Wildman–Crippen LogP) is 7.26. The lowest BCUT2D eigenvalue weighted by atomic mass is 9.65. The van der Waals surface area contributed by atoms with Crippen LogP contribution in [0.1, 0.15) is 102 Å². The van der Waals surface area contributed by atoms with Gasteiger partial charge < -0.3 is 14.9 Å². The summed E-state index contributed by atoms with van der Waals surface area (Å²) in [6.45, 7) is 6.94. The van der Waals surface area contributed by atoms with Gasteiger partial charge in [-0.25, -0.2) is 8.42 Å². The van der Waals surface area contributed by atoms with Crippen LogP contribution < -0.4 is 0 Å². The van der Waals surface area contributed by atoms with Crippen molar-refractivity contribution in [1.29, 1.82) is 0 Å². The van der Waals surface area contributed by atoms with Crippen LogP contribution in [0.15, 0.2) is 63.7 Å². The quantitative estimate of drug-likeness (QED) is 0.190. The van der Waals surface area contributed by atoms with Gasteiger partial charge in [-0.1, -0.05) is 36.8 Å². The molecular formula is C37H47NO6S3. The second-order valence-electron chi connectivity index (χ2n) is 14.1. The van der Waals surface area contributed by atoms with Crippen LogP contribution in [0, 0.1) is 12.3 Å². The summed E-state index contributed by atoms with van der Waals surface area (Å²) in [4.78, 5) is 15.9. The van der Waals surface area contributed by atoms with Crippen molar-refractivity contribution < 1.29 is 28.2 Å². The molecule has 2 N–H and O–H groups in total. The van der Waals surface area contributed by atoms with Gasteiger partial charge in [0.15, 0.2) is 0 Å². The van der Waals surface area contributed by atoms with Crippen molar-refractivity contribution in [2.24, 2.45) is 5.41 Å². The first-order chi connectivity index (χ1) is 22.4. The summed E-state index contributed by atoms with van der Waals surface area (Å²) in [5.41, 5.74) is 1.52. The average molecular weight is 698 g/mol. The number of carbonyl (C=O) groups excluding carboxylic acids is 1. The van der Waals surface area contributed by atoms with Gasteiger partial charge in [0.1, 0.15) is 4.21 Å². The fourth-order valence-electron chi connectivity index (χ4n) is 7.98. The highest BCUT2D eigenvalue weighted by Gasteiger charge is 2.58. The highest BCUT2D eigenvalue weighted by Crippen LogP contribution is 2.59. The van der Waals surface area contributed by atoms with Crippen LogP contribution in [0.25, 0.3) is 0 Å². The van der Waals surface area contributed by atoms with Crippen molar-refractivity contribution in [3.63, 3.8) is 0 Å². The minimum Gasteiger partial charge on any atom is -0.393 e. The summed E-state index contributed by atoms with van der Waals surface area (Å²) in [7, 11) is -3.88. The number of sulfonamides is 1. The topological polar surface area (TPSA) is 104 Å². The molecule has 47 heavy (non-hydrogen) atoms. The fourth-order valence-corrected chi connectivity index (χ4v) is 11.5. The second kappa shape index (κ2) is 14.0. The van der Waals surface area contributed by atoms with E-state index in [2.05, 4.69) is 19.9 Å². The van der Waals surface area contributed by atoms with E-state index in [0.29, 0.717) is 55.6 Å². The predicted molar refractivity (Wildman–Crippen MR) is 188 cm³/mol. The smallest absolute Gasteiger partial charge is 0.252 e. The molecule has 3 heterocycles. The van der Waals surface area contributed by atoms with Gasteiger partial charge in [-0.2, -0.15) is 4.31 Å². The molecule has 4 aliphatic rings. The number of aryl methyl sites for hydroxylation is 1. The number of aliphatic hydroxyl groups excluding tert-OH is 1. The number of ether oxygens (including phenoxy) is 1. The van der Waals surface area contributed by atoms with Crippen LogP contribution in [-0.4, -0.2) is 66.2 Å². The van der Waals surface area contributed by atoms with Crippen molar-refractivity contribution in [3.8, 4) is 0 Å². The van der Waals surface area contributed by atoms with Gasteiger partial charge in [0.2, 0.25) is 5.78 Å². The van der Waals surface area contributed by atoms with Crippen molar-refractivity contribution in [2.45, 2.75) is 106 Å². The second-order valence-corrected chi connectivity index (χ2v) is 18.5. The number of carbonyl (C=O) groups is 1. The normalized spacial score (nSPS) is 28.7. The standard InChI is InChI=1S/C37H47NO6S3/c1-25-7-4-17-36(3)32(30-14-12-27(21-28(39)13-10-25)22-31(30)35(40)33-15-11-26(2)46-33)16-18-37(36,41)24-38(23-29-8-5-19-44-29)47(42,43)34-9-6-20-45-34/h6-7,9,11-12,14-15,20,22,28-29,32,39,41H,4-5,8,10,13,16-19,21,23-24H2,1-3H3. The van der Waals surface area contributed by atoms with E-state index in [1.54, 1.807) is 17.5 Å². The van der Waals surface area contributed by atoms with Gasteiger partial charge in [-0.05, 0) is 118 Å². The van der Waals surface area contributed by atoms with E-state index < -0.39 is 27.1 Å². The van der Waals surface area contributed by atoms with Gasteiger partial charge in [-0.15, -0.1) is 22.7 Å². The third kappa shape index (κ3) is 7.11. The Bertz CT molecular complexity index is 1710.